The molecule has 33 heavy (non-hydrogen) atoms. The number of hydrogen-bond donors (Lipinski definition) is 0. The number of nitriles is 1. The second kappa shape index (κ2) is 8.67. The lowest BCUT2D eigenvalue weighted by atomic mass is 10.0. The molecule has 0 aliphatic heterocycles. The van der Waals surface area contributed by atoms with E-state index in [4.69, 9.17) is 0 Å². The fourth-order valence-corrected chi connectivity index (χ4v) is 3.41. The van der Waals surface area contributed by atoms with Crippen molar-refractivity contribution in [2.24, 2.45) is 0 Å². The number of Topliss-reactive ketones (excluding diaryl/α,β-unsaturated/α-hetero) is 1. The predicted molar refractivity (Wildman–Crippen MR) is 111 cm³/mol. The van der Waals surface area contributed by atoms with Gasteiger partial charge in [0.15, 0.2) is 11.6 Å². The van der Waals surface area contributed by atoms with Gasteiger partial charge in [-0.15, -0.1) is 0 Å². The van der Waals surface area contributed by atoms with Crippen LogP contribution in [0.15, 0.2) is 73.1 Å². The first-order chi connectivity index (χ1) is 15.8. The van der Waals surface area contributed by atoms with Crippen molar-refractivity contribution >= 4 is 5.78 Å². The van der Waals surface area contributed by atoms with Crippen molar-refractivity contribution in [1.29, 1.82) is 5.26 Å². The highest BCUT2D eigenvalue weighted by Crippen LogP contribution is 2.32. The van der Waals surface area contributed by atoms with E-state index in [1.807, 2.05) is 0 Å². The lowest BCUT2D eigenvalue weighted by molar-refractivity contribution is -0.137. The van der Waals surface area contributed by atoms with Crippen LogP contribution in [0.2, 0.25) is 0 Å². The van der Waals surface area contributed by atoms with Crippen molar-refractivity contribution in [3.05, 3.63) is 101 Å². The van der Waals surface area contributed by atoms with Gasteiger partial charge in [0.1, 0.15) is 17.4 Å². The van der Waals surface area contributed by atoms with Gasteiger partial charge in [-0.25, -0.2) is 14.1 Å². The van der Waals surface area contributed by atoms with E-state index in [1.165, 1.54) is 59.5 Å². The van der Waals surface area contributed by atoms with Crippen LogP contribution < -0.4 is 0 Å². The summed E-state index contributed by atoms with van der Waals surface area (Å²) in [5.74, 6) is -0.976. The van der Waals surface area contributed by atoms with Gasteiger partial charge in [0.2, 0.25) is 0 Å². The number of alkyl halides is 3. The van der Waals surface area contributed by atoms with Crippen molar-refractivity contribution in [3.8, 4) is 23.0 Å². The summed E-state index contributed by atoms with van der Waals surface area (Å²) in [7, 11) is 0. The van der Waals surface area contributed by atoms with Gasteiger partial charge in [-0.3, -0.25) is 4.79 Å². The average molecular weight is 450 g/mol. The van der Waals surface area contributed by atoms with Crippen LogP contribution in [0.1, 0.15) is 27.2 Å². The SMILES string of the molecule is N#Cc1c(-c2ccc(F)cc2)ccnc1-n1ccc(CC(=O)c2ccccc2C(F)(F)F)n1. The van der Waals surface area contributed by atoms with Crippen LogP contribution in [-0.4, -0.2) is 20.5 Å². The van der Waals surface area contributed by atoms with E-state index in [2.05, 4.69) is 16.2 Å². The summed E-state index contributed by atoms with van der Waals surface area (Å²) >= 11 is 0. The molecule has 164 valence electrons. The van der Waals surface area contributed by atoms with Crippen LogP contribution in [0, 0.1) is 17.1 Å². The maximum Gasteiger partial charge on any atom is 0.417 e. The molecule has 0 bridgehead atoms. The van der Waals surface area contributed by atoms with Gasteiger partial charge in [0.25, 0.3) is 0 Å². The molecular weight excluding hydrogens is 436 g/mol. The van der Waals surface area contributed by atoms with Crippen molar-refractivity contribution in [1.82, 2.24) is 14.8 Å². The predicted octanol–water partition coefficient (Wildman–Crippen LogP) is 5.39. The first-order valence-electron chi connectivity index (χ1n) is 9.67. The summed E-state index contributed by atoms with van der Waals surface area (Å²) in [5, 5.41) is 14.0. The Morgan fingerprint density at radius 2 is 1.76 bits per heavy atom. The van der Waals surface area contributed by atoms with E-state index in [0.29, 0.717) is 11.1 Å². The number of benzene rings is 2. The zero-order valence-electron chi connectivity index (χ0n) is 16.8. The van der Waals surface area contributed by atoms with Gasteiger partial charge >= 0.3 is 6.18 Å². The number of ketones is 1. The third-order valence-electron chi connectivity index (χ3n) is 4.93. The van der Waals surface area contributed by atoms with Gasteiger partial charge in [-0.05, 0) is 35.9 Å². The monoisotopic (exact) mass is 450 g/mol. The van der Waals surface area contributed by atoms with Gasteiger partial charge in [0, 0.05) is 23.5 Å². The summed E-state index contributed by atoms with van der Waals surface area (Å²) in [6.45, 7) is 0. The van der Waals surface area contributed by atoms with Crippen LogP contribution in [-0.2, 0) is 12.6 Å². The molecule has 4 rings (SSSR count). The average Bonchev–Trinajstić information content (AvgIpc) is 3.26. The molecule has 2 aromatic carbocycles. The molecule has 2 aromatic heterocycles. The van der Waals surface area contributed by atoms with Crippen LogP contribution in [0.25, 0.3) is 16.9 Å². The van der Waals surface area contributed by atoms with Gasteiger partial charge in [0.05, 0.1) is 17.7 Å². The number of carbonyl (C=O) groups is 1. The molecule has 4 aromatic rings. The third kappa shape index (κ3) is 4.50. The highest BCUT2D eigenvalue weighted by Gasteiger charge is 2.34. The van der Waals surface area contributed by atoms with Crippen LogP contribution >= 0.6 is 0 Å². The molecule has 0 radical (unpaired) electrons. The fourth-order valence-electron chi connectivity index (χ4n) is 3.41. The molecule has 0 aliphatic carbocycles. The molecule has 0 amide bonds. The molecule has 0 unspecified atom stereocenters. The largest absolute Gasteiger partial charge is 0.417 e. The van der Waals surface area contributed by atoms with E-state index in [-0.39, 0.29) is 23.5 Å². The molecule has 5 nitrogen and oxygen atoms in total. The molecule has 0 N–H and O–H groups in total. The van der Waals surface area contributed by atoms with Gasteiger partial charge in [-0.2, -0.15) is 23.5 Å². The number of aromatic nitrogens is 3. The summed E-state index contributed by atoms with van der Waals surface area (Å²) < 4.78 is 54.2. The van der Waals surface area contributed by atoms with Crippen LogP contribution in [0.5, 0.6) is 0 Å². The number of rotatable bonds is 5. The normalized spacial score (nSPS) is 11.2. The highest BCUT2D eigenvalue weighted by molar-refractivity contribution is 5.98. The molecule has 0 spiro atoms. The van der Waals surface area contributed by atoms with E-state index in [0.717, 1.165) is 12.1 Å². The van der Waals surface area contributed by atoms with Crippen molar-refractivity contribution in [3.63, 3.8) is 0 Å². The molecule has 0 fully saturated rings. The summed E-state index contributed by atoms with van der Waals surface area (Å²) in [4.78, 5) is 16.8. The first-order valence-corrected chi connectivity index (χ1v) is 9.67. The lowest BCUT2D eigenvalue weighted by Crippen LogP contribution is -2.14. The van der Waals surface area contributed by atoms with Crippen LogP contribution in [0.3, 0.4) is 0 Å². The second-order valence-corrected chi connectivity index (χ2v) is 7.07. The number of pyridine rings is 1. The molecule has 0 aliphatic rings. The maximum atomic E-state index is 13.3. The Labute approximate surface area is 185 Å². The Balaban J connectivity index is 1.65. The highest BCUT2D eigenvalue weighted by atomic mass is 19.4. The molecule has 0 saturated heterocycles. The molecular formula is C24H14F4N4O. The molecule has 0 saturated carbocycles. The van der Waals surface area contributed by atoms with Crippen molar-refractivity contribution in [2.45, 2.75) is 12.6 Å². The fraction of sp³-hybridized carbons (Fsp3) is 0.0833. The van der Waals surface area contributed by atoms with E-state index >= 15 is 0 Å². The smallest absolute Gasteiger partial charge is 0.294 e. The number of hydrogen-bond acceptors (Lipinski definition) is 4. The van der Waals surface area contributed by atoms with E-state index in [9.17, 15) is 27.6 Å². The number of carbonyl (C=O) groups excluding carboxylic acids is 1. The summed E-state index contributed by atoms with van der Waals surface area (Å²) in [6.07, 6.45) is -2.09. The zero-order valence-corrected chi connectivity index (χ0v) is 16.8. The van der Waals surface area contributed by atoms with Crippen molar-refractivity contribution < 1.29 is 22.4 Å². The van der Waals surface area contributed by atoms with Gasteiger partial charge < -0.3 is 0 Å². The lowest BCUT2D eigenvalue weighted by Gasteiger charge is -2.11. The minimum atomic E-state index is -4.65. The molecule has 0 atom stereocenters. The standard InChI is InChI=1S/C24H14F4N4O/c25-16-7-5-15(6-8-16)18-9-11-30-23(20(18)14-29)32-12-10-17(31-32)13-22(33)19-3-1-2-4-21(19)24(26,27)28/h1-12H,13H2. The number of nitrogens with zero attached hydrogens (tertiary/aromatic N) is 4. The molecule has 2 heterocycles. The minimum absolute atomic E-state index is 0.174. The van der Waals surface area contributed by atoms with Crippen molar-refractivity contribution in [2.75, 3.05) is 0 Å². The Hall–Kier alpha value is -4.32. The van der Waals surface area contributed by atoms with Gasteiger partial charge in [-0.1, -0.05) is 30.3 Å². The Morgan fingerprint density at radius 3 is 2.45 bits per heavy atom. The maximum absolute atomic E-state index is 13.3. The quantitative estimate of drug-likeness (QED) is 0.302. The minimum Gasteiger partial charge on any atom is -0.294 e. The first kappa shape index (κ1) is 21.9. The second-order valence-electron chi connectivity index (χ2n) is 7.07. The number of halogens is 4. The summed E-state index contributed by atoms with van der Waals surface area (Å²) in [6, 6.07) is 15.3. The molecule has 9 heteroatoms. The topological polar surface area (TPSA) is 71.6 Å². The van der Waals surface area contributed by atoms with Crippen LogP contribution in [0.4, 0.5) is 17.6 Å². The zero-order chi connectivity index (χ0) is 23.6. The Bertz CT molecular complexity index is 1370. The Kier molecular flexibility index (Phi) is 5.75. The summed E-state index contributed by atoms with van der Waals surface area (Å²) in [5.41, 5.74) is 0.0589. The third-order valence-corrected chi connectivity index (χ3v) is 4.93. The van der Waals surface area contributed by atoms with E-state index in [1.54, 1.807) is 6.07 Å². The van der Waals surface area contributed by atoms with E-state index < -0.39 is 28.9 Å². The Morgan fingerprint density at radius 1 is 1.03 bits per heavy atom.